The normalized spacial score (nSPS) is 15.5. The highest BCUT2D eigenvalue weighted by Gasteiger charge is 2.17. The van der Waals surface area contributed by atoms with E-state index in [9.17, 15) is 0 Å². The minimum Gasteiger partial charge on any atom is -0.384 e. The highest BCUT2D eigenvalue weighted by atomic mass is 16.5. The van der Waals surface area contributed by atoms with E-state index in [-0.39, 0.29) is 6.04 Å². The number of fused-ring (bicyclic) bond motifs is 1. The van der Waals surface area contributed by atoms with Gasteiger partial charge >= 0.3 is 0 Å². The van der Waals surface area contributed by atoms with Crippen LogP contribution in [-0.4, -0.2) is 29.8 Å². The maximum absolute atomic E-state index is 5.27. The number of nitrogens with zero attached hydrogens (tertiary/aromatic N) is 2. The molecule has 3 rings (SSSR count). The van der Waals surface area contributed by atoms with Crippen LogP contribution in [0.3, 0.4) is 0 Å². The summed E-state index contributed by atoms with van der Waals surface area (Å²) in [4.78, 5) is 4.33. The Bertz CT molecular complexity index is 591. The molecule has 0 spiro atoms. The fourth-order valence-electron chi connectivity index (χ4n) is 2.91. The second-order valence-electron chi connectivity index (χ2n) is 5.36. The Labute approximate surface area is 119 Å². The number of benzene rings is 1. The van der Waals surface area contributed by atoms with E-state index < -0.39 is 0 Å². The number of methoxy groups -OCH3 is 1. The molecule has 1 aliphatic rings. The quantitative estimate of drug-likeness (QED) is 0.928. The molecule has 20 heavy (non-hydrogen) atoms. The molecular weight excluding hydrogens is 250 g/mol. The maximum atomic E-state index is 5.27. The van der Waals surface area contributed by atoms with Crippen LogP contribution in [0.2, 0.25) is 0 Å². The summed E-state index contributed by atoms with van der Waals surface area (Å²) in [5.41, 5.74) is 5.06. The Morgan fingerprint density at radius 2 is 2.35 bits per heavy atom. The monoisotopic (exact) mass is 271 g/mol. The topological polar surface area (TPSA) is 39.1 Å². The summed E-state index contributed by atoms with van der Waals surface area (Å²) in [5.74, 6) is 0. The molecule has 0 fully saturated rings. The molecule has 0 saturated heterocycles. The first kappa shape index (κ1) is 13.2. The maximum Gasteiger partial charge on any atom is 0.0954 e. The van der Waals surface area contributed by atoms with Crippen LogP contribution in [0.1, 0.15) is 24.9 Å². The Morgan fingerprint density at radius 1 is 1.45 bits per heavy atom. The van der Waals surface area contributed by atoms with Gasteiger partial charge < -0.3 is 14.6 Å². The average molecular weight is 271 g/mol. The van der Waals surface area contributed by atoms with Crippen LogP contribution < -0.4 is 5.32 Å². The fourth-order valence-corrected chi connectivity index (χ4v) is 2.91. The van der Waals surface area contributed by atoms with Crippen molar-refractivity contribution in [3.63, 3.8) is 0 Å². The first-order valence-electron chi connectivity index (χ1n) is 7.18. The number of hydrogen-bond acceptors (Lipinski definition) is 3. The van der Waals surface area contributed by atoms with Gasteiger partial charge in [0, 0.05) is 24.9 Å². The molecule has 4 nitrogen and oxygen atoms in total. The van der Waals surface area contributed by atoms with Crippen molar-refractivity contribution in [2.75, 3.05) is 25.6 Å². The minimum absolute atomic E-state index is 0.275. The van der Waals surface area contributed by atoms with Gasteiger partial charge in [-0.3, -0.25) is 0 Å². The van der Waals surface area contributed by atoms with Crippen LogP contribution in [0.5, 0.6) is 0 Å². The molecule has 1 aromatic carbocycles. The molecule has 1 unspecified atom stereocenters. The van der Waals surface area contributed by atoms with E-state index in [1.807, 2.05) is 12.5 Å². The van der Waals surface area contributed by atoms with E-state index in [1.165, 1.54) is 23.2 Å². The van der Waals surface area contributed by atoms with E-state index in [4.69, 9.17) is 4.74 Å². The number of imidazole rings is 1. The summed E-state index contributed by atoms with van der Waals surface area (Å²) in [7, 11) is 1.74. The third kappa shape index (κ3) is 2.31. The second kappa shape index (κ2) is 5.67. The van der Waals surface area contributed by atoms with Gasteiger partial charge in [0.05, 0.1) is 30.9 Å². The predicted molar refractivity (Wildman–Crippen MR) is 81.1 cm³/mol. The van der Waals surface area contributed by atoms with E-state index in [0.717, 1.165) is 18.7 Å². The lowest BCUT2D eigenvalue weighted by molar-refractivity contribution is 0.163. The van der Waals surface area contributed by atoms with Gasteiger partial charge in [-0.25, -0.2) is 4.98 Å². The molecule has 0 amide bonds. The van der Waals surface area contributed by atoms with Gasteiger partial charge in [-0.05, 0) is 25.3 Å². The molecule has 106 valence electrons. The van der Waals surface area contributed by atoms with Crippen LogP contribution in [0.15, 0.2) is 30.7 Å². The number of anilines is 1. The van der Waals surface area contributed by atoms with E-state index >= 15 is 0 Å². The Kier molecular flexibility index (Phi) is 3.74. The van der Waals surface area contributed by atoms with Crippen molar-refractivity contribution >= 4 is 5.69 Å². The molecule has 2 aromatic rings. The zero-order valence-corrected chi connectivity index (χ0v) is 12.1. The average Bonchev–Trinajstić information content (AvgIpc) is 2.96. The van der Waals surface area contributed by atoms with E-state index in [1.54, 1.807) is 7.11 Å². The fraction of sp³-hybridized carbons (Fsp3) is 0.438. The lowest BCUT2D eigenvalue weighted by Gasteiger charge is -2.23. The minimum atomic E-state index is 0.275. The van der Waals surface area contributed by atoms with Gasteiger partial charge in [0.1, 0.15) is 0 Å². The van der Waals surface area contributed by atoms with Gasteiger partial charge in [-0.2, -0.15) is 0 Å². The molecule has 0 bridgehead atoms. The summed E-state index contributed by atoms with van der Waals surface area (Å²) in [5, 5.41) is 3.55. The van der Waals surface area contributed by atoms with Gasteiger partial charge in [0.15, 0.2) is 0 Å². The Balaban J connectivity index is 2.04. The number of rotatable bonds is 4. The van der Waals surface area contributed by atoms with Crippen LogP contribution in [0.4, 0.5) is 5.69 Å². The molecule has 1 N–H and O–H groups in total. The van der Waals surface area contributed by atoms with Crippen molar-refractivity contribution in [2.24, 2.45) is 0 Å². The lowest BCUT2D eigenvalue weighted by atomic mass is 9.98. The summed E-state index contributed by atoms with van der Waals surface area (Å²) in [6, 6.07) is 6.80. The first-order valence-corrected chi connectivity index (χ1v) is 7.18. The number of para-hydroxylation sites is 1. The lowest BCUT2D eigenvalue weighted by Crippen LogP contribution is -2.15. The van der Waals surface area contributed by atoms with Crippen molar-refractivity contribution in [2.45, 2.75) is 25.8 Å². The number of hydrogen-bond donors (Lipinski definition) is 1. The number of aryl methyl sites for hydroxylation is 1. The van der Waals surface area contributed by atoms with Crippen LogP contribution in [0, 0.1) is 0 Å². The SMILES string of the molecule is COCC(C)n1cncc1-c1cccc2c1NCCC2. The van der Waals surface area contributed by atoms with Crippen molar-refractivity contribution in [3.8, 4) is 11.3 Å². The molecule has 0 saturated carbocycles. The Hall–Kier alpha value is -1.81. The van der Waals surface area contributed by atoms with Gasteiger partial charge in [-0.15, -0.1) is 0 Å². The van der Waals surface area contributed by atoms with Crippen molar-refractivity contribution in [3.05, 3.63) is 36.3 Å². The summed E-state index contributed by atoms with van der Waals surface area (Å²) in [6.45, 7) is 3.88. The summed E-state index contributed by atoms with van der Waals surface area (Å²) < 4.78 is 7.46. The van der Waals surface area contributed by atoms with Crippen LogP contribution in [-0.2, 0) is 11.2 Å². The molecule has 1 aromatic heterocycles. The molecule has 1 atom stereocenters. The number of nitrogens with one attached hydrogen (secondary N) is 1. The largest absolute Gasteiger partial charge is 0.384 e. The number of ether oxygens (including phenoxy) is 1. The third-order valence-electron chi connectivity index (χ3n) is 3.90. The van der Waals surface area contributed by atoms with E-state index in [0.29, 0.717) is 6.61 Å². The van der Waals surface area contributed by atoms with Gasteiger partial charge in [0.25, 0.3) is 0 Å². The van der Waals surface area contributed by atoms with Crippen molar-refractivity contribution in [1.82, 2.24) is 9.55 Å². The molecule has 2 heterocycles. The van der Waals surface area contributed by atoms with Gasteiger partial charge in [-0.1, -0.05) is 18.2 Å². The van der Waals surface area contributed by atoms with Crippen molar-refractivity contribution < 1.29 is 4.74 Å². The second-order valence-corrected chi connectivity index (χ2v) is 5.36. The zero-order valence-electron chi connectivity index (χ0n) is 12.1. The first-order chi connectivity index (χ1) is 9.81. The molecule has 4 heteroatoms. The predicted octanol–water partition coefficient (Wildman–Crippen LogP) is 3.12. The van der Waals surface area contributed by atoms with Gasteiger partial charge in [0.2, 0.25) is 0 Å². The zero-order chi connectivity index (χ0) is 13.9. The van der Waals surface area contributed by atoms with Crippen LogP contribution >= 0.6 is 0 Å². The number of aromatic nitrogens is 2. The third-order valence-corrected chi connectivity index (χ3v) is 3.90. The summed E-state index contributed by atoms with van der Waals surface area (Å²) in [6.07, 6.45) is 6.19. The molecule has 1 aliphatic heterocycles. The molecule has 0 radical (unpaired) electrons. The highest BCUT2D eigenvalue weighted by Crippen LogP contribution is 2.34. The standard InChI is InChI=1S/C16H21N3O/c1-12(10-20-2)19-11-17-9-15(19)14-7-3-5-13-6-4-8-18-16(13)14/h3,5,7,9,11-12,18H,4,6,8,10H2,1-2H3. The van der Waals surface area contributed by atoms with Crippen LogP contribution in [0.25, 0.3) is 11.3 Å². The molecule has 0 aliphatic carbocycles. The summed E-state index contributed by atoms with van der Waals surface area (Å²) >= 11 is 0. The Morgan fingerprint density at radius 3 is 3.20 bits per heavy atom. The highest BCUT2D eigenvalue weighted by molar-refractivity contribution is 5.79. The molecular formula is C16H21N3O. The van der Waals surface area contributed by atoms with E-state index in [2.05, 4.69) is 40.0 Å². The smallest absolute Gasteiger partial charge is 0.0954 e. The van der Waals surface area contributed by atoms with Crippen molar-refractivity contribution in [1.29, 1.82) is 0 Å².